The van der Waals surface area contributed by atoms with Crippen LogP contribution in [0, 0.1) is 5.92 Å². The Morgan fingerprint density at radius 3 is 2.40 bits per heavy atom. The second kappa shape index (κ2) is 5.10. The molecule has 0 saturated heterocycles. The van der Waals surface area contributed by atoms with E-state index in [-0.39, 0.29) is 12.2 Å². The van der Waals surface area contributed by atoms with Crippen molar-refractivity contribution in [3.05, 3.63) is 48.6 Å². The Morgan fingerprint density at radius 1 is 1.33 bits per heavy atom. The fourth-order valence-electron chi connectivity index (χ4n) is 1.29. The molecule has 0 spiro atoms. The van der Waals surface area contributed by atoms with Crippen molar-refractivity contribution < 1.29 is 14.7 Å². The molecule has 15 heavy (non-hydrogen) atoms. The topological polar surface area (TPSA) is 54.4 Å². The molecule has 0 aromatic heterocycles. The molecule has 3 heteroatoms. The number of carbonyl (C=O) groups excluding carboxylic acids is 1. The van der Waals surface area contributed by atoms with Crippen molar-refractivity contribution in [2.24, 2.45) is 5.92 Å². The van der Waals surface area contributed by atoms with Crippen LogP contribution in [0.5, 0.6) is 0 Å². The second-order valence-electron chi connectivity index (χ2n) is 3.15. The third-order valence-corrected chi connectivity index (χ3v) is 2.08. The Morgan fingerprint density at radius 2 is 1.93 bits per heavy atom. The normalized spacial score (nSPS) is 11.7. The van der Waals surface area contributed by atoms with Gasteiger partial charge in [-0.3, -0.25) is 9.59 Å². The molecule has 0 heterocycles. The van der Waals surface area contributed by atoms with Gasteiger partial charge in [0.1, 0.15) is 5.92 Å². The fraction of sp³-hybridized carbons (Fsp3) is 0.167. The lowest BCUT2D eigenvalue weighted by molar-refractivity contribution is -0.139. The van der Waals surface area contributed by atoms with Crippen molar-refractivity contribution in [1.29, 1.82) is 0 Å². The first kappa shape index (κ1) is 11.2. The van der Waals surface area contributed by atoms with Crippen molar-refractivity contribution in [2.75, 3.05) is 0 Å². The molecule has 78 valence electrons. The first-order valence-electron chi connectivity index (χ1n) is 4.59. The number of hydrogen-bond acceptors (Lipinski definition) is 2. The average molecular weight is 204 g/mol. The van der Waals surface area contributed by atoms with Crippen LogP contribution in [-0.4, -0.2) is 16.9 Å². The maximum Gasteiger partial charge on any atom is 0.314 e. The van der Waals surface area contributed by atoms with Gasteiger partial charge in [-0.25, -0.2) is 0 Å². The summed E-state index contributed by atoms with van der Waals surface area (Å²) >= 11 is 0. The molecular weight excluding hydrogens is 192 g/mol. The molecule has 0 radical (unpaired) electrons. The number of hydrogen-bond donors (Lipinski definition) is 1. The van der Waals surface area contributed by atoms with E-state index >= 15 is 0 Å². The zero-order valence-corrected chi connectivity index (χ0v) is 8.22. The Hall–Kier alpha value is -1.90. The van der Waals surface area contributed by atoms with E-state index in [1.165, 1.54) is 6.08 Å². The van der Waals surface area contributed by atoms with E-state index in [0.717, 1.165) is 0 Å². The van der Waals surface area contributed by atoms with Crippen molar-refractivity contribution in [1.82, 2.24) is 0 Å². The van der Waals surface area contributed by atoms with Gasteiger partial charge in [-0.15, -0.1) is 6.58 Å². The quantitative estimate of drug-likeness (QED) is 0.454. The summed E-state index contributed by atoms with van der Waals surface area (Å²) in [5, 5.41) is 8.87. The summed E-state index contributed by atoms with van der Waals surface area (Å²) in [6.45, 7) is 3.44. The van der Waals surface area contributed by atoms with E-state index in [1.807, 2.05) is 0 Å². The van der Waals surface area contributed by atoms with Crippen LogP contribution < -0.4 is 0 Å². The molecule has 0 aliphatic carbocycles. The van der Waals surface area contributed by atoms with Crippen molar-refractivity contribution in [3.63, 3.8) is 0 Å². The van der Waals surface area contributed by atoms with Gasteiger partial charge in [-0.2, -0.15) is 0 Å². The maximum atomic E-state index is 11.7. The van der Waals surface area contributed by atoms with Crippen LogP contribution in [0.4, 0.5) is 0 Å². The van der Waals surface area contributed by atoms with Crippen molar-refractivity contribution in [3.8, 4) is 0 Å². The van der Waals surface area contributed by atoms with Crippen LogP contribution in [0.3, 0.4) is 0 Å². The molecule has 1 atom stereocenters. The smallest absolute Gasteiger partial charge is 0.314 e. The molecule has 0 amide bonds. The molecule has 0 aliphatic rings. The third kappa shape index (κ3) is 2.77. The predicted molar refractivity (Wildman–Crippen MR) is 56.7 cm³/mol. The standard InChI is InChI=1S/C12H12O3/c1-2-6-10(12(14)15)11(13)9-7-4-3-5-8-9/h2-5,7-8,10H,1,6H2,(H,14,15). The largest absolute Gasteiger partial charge is 0.481 e. The summed E-state index contributed by atoms with van der Waals surface area (Å²) in [5.74, 6) is -2.50. The molecule has 1 aromatic rings. The zero-order chi connectivity index (χ0) is 11.3. The van der Waals surface area contributed by atoms with Gasteiger partial charge in [0.2, 0.25) is 0 Å². The van der Waals surface area contributed by atoms with Crippen molar-refractivity contribution in [2.45, 2.75) is 6.42 Å². The summed E-state index contributed by atoms with van der Waals surface area (Å²) in [4.78, 5) is 22.6. The van der Waals surface area contributed by atoms with Crippen LogP contribution >= 0.6 is 0 Å². The van der Waals surface area contributed by atoms with Crippen LogP contribution in [0.25, 0.3) is 0 Å². The van der Waals surface area contributed by atoms with Crippen LogP contribution in [0.2, 0.25) is 0 Å². The van der Waals surface area contributed by atoms with E-state index in [9.17, 15) is 9.59 Å². The molecule has 3 nitrogen and oxygen atoms in total. The van der Waals surface area contributed by atoms with E-state index < -0.39 is 11.9 Å². The minimum absolute atomic E-state index is 0.156. The Labute approximate surface area is 88.0 Å². The lowest BCUT2D eigenvalue weighted by Crippen LogP contribution is -2.23. The zero-order valence-electron chi connectivity index (χ0n) is 8.22. The summed E-state index contributed by atoms with van der Waals surface area (Å²) in [7, 11) is 0. The molecular formula is C12H12O3. The maximum absolute atomic E-state index is 11.7. The van der Waals surface area contributed by atoms with E-state index in [0.29, 0.717) is 5.56 Å². The molecule has 1 aromatic carbocycles. The highest BCUT2D eigenvalue weighted by molar-refractivity contribution is 6.08. The van der Waals surface area contributed by atoms with Gasteiger partial charge in [0.25, 0.3) is 0 Å². The Bertz CT molecular complexity index is 368. The lowest BCUT2D eigenvalue weighted by atomic mass is 9.95. The number of rotatable bonds is 5. The van der Waals surface area contributed by atoms with E-state index in [4.69, 9.17) is 5.11 Å². The lowest BCUT2D eigenvalue weighted by Gasteiger charge is -2.08. The third-order valence-electron chi connectivity index (χ3n) is 2.08. The monoisotopic (exact) mass is 204 g/mol. The second-order valence-corrected chi connectivity index (χ2v) is 3.15. The van der Waals surface area contributed by atoms with Gasteiger partial charge in [-0.05, 0) is 6.42 Å². The minimum Gasteiger partial charge on any atom is -0.481 e. The number of ketones is 1. The number of benzene rings is 1. The number of allylic oxidation sites excluding steroid dienone is 1. The van der Waals surface area contributed by atoms with Gasteiger partial charge in [0, 0.05) is 5.56 Å². The highest BCUT2D eigenvalue weighted by atomic mass is 16.4. The fourth-order valence-corrected chi connectivity index (χ4v) is 1.29. The van der Waals surface area contributed by atoms with Gasteiger partial charge in [0.15, 0.2) is 5.78 Å². The molecule has 1 N–H and O–H groups in total. The Kier molecular flexibility index (Phi) is 3.80. The molecule has 0 bridgehead atoms. The van der Waals surface area contributed by atoms with Gasteiger partial charge >= 0.3 is 5.97 Å². The van der Waals surface area contributed by atoms with Crippen LogP contribution in [-0.2, 0) is 4.79 Å². The first-order chi connectivity index (χ1) is 7.16. The molecule has 0 saturated carbocycles. The van der Waals surface area contributed by atoms with Crippen LogP contribution in [0.15, 0.2) is 43.0 Å². The average Bonchev–Trinajstić information content (AvgIpc) is 2.26. The molecule has 0 aliphatic heterocycles. The number of carboxylic acid groups (broad SMARTS) is 1. The number of aliphatic carboxylic acids is 1. The Balaban J connectivity index is 2.91. The van der Waals surface area contributed by atoms with Crippen molar-refractivity contribution >= 4 is 11.8 Å². The predicted octanol–water partition coefficient (Wildman–Crippen LogP) is 2.15. The van der Waals surface area contributed by atoms with Gasteiger partial charge < -0.3 is 5.11 Å². The number of Topliss-reactive ketones (excluding diaryl/α,β-unsaturated/α-hetero) is 1. The highest BCUT2D eigenvalue weighted by Crippen LogP contribution is 2.13. The van der Waals surface area contributed by atoms with E-state index in [2.05, 4.69) is 6.58 Å². The summed E-state index contributed by atoms with van der Waals surface area (Å²) in [5.41, 5.74) is 0.423. The van der Waals surface area contributed by atoms with Gasteiger partial charge in [0.05, 0.1) is 0 Å². The van der Waals surface area contributed by atoms with Crippen LogP contribution in [0.1, 0.15) is 16.8 Å². The minimum atomic E-state index is -1.11. The number of carbonyl (C=O) groups is 2. The summed E-state index contributed by atoms with van der Waals surface area (Å²) in [6, 6.07) is 8.42. The molecule has 0 fully saturated rings. The molecule has 1 rings (SSSR count). The SMILES string of the molecule is C=CCC(C(=O)O)C(=O)c1ccccc1. The number of carboxylic acids is 1. The van der Waals surface area contributed by atoms with Gasteiger partial charge in [-0.1, -0.05) is 36.4 Å². The highest BCUT2D eigenvalue weighted by Gasteiger charge is 2.25. The first-order valence-corrected chi connectivity index (χ1v) is 4.59. The summed E-state index contributed by atoms with van der Waals surface area (Å²) in [6.07, 6.45) is 1.60. The molecule has 1 unspecified atom stereocenters. The summed E-state index contributed by atoms with van der Waals surface area (Å²) < 4.78 is 0. The van der Waals surface area contributed by atoms with E-state index in [1.54, 1.807) is 30.3 Å².